The Morgan fingerprint density at radius 2 is 2.20 bits per heavy atom. The van der Waals surface area contributed by atoms with Crippen LogP contribution in [0.4, 0.5) is 0 Å². The van der Waals surface area contributed by atoms with E-state index in [-0.39, 0.29) is 12.4 Å². The number of nitrogens with zero attached hydrogens (tertiary/aromatic N) is 7. The van der Waals surface area contributed by atoms with Gasteiger partial charge in [0.1, 0.15) is 12.4 Å². The lowest BCUT2D eigenvalue weighted by atomic mass is 10.2. The van der Waals surface area contributed by atoms with E-state index in [0.29, 0.717) is 6.54 Å². The third kappa shape index (κ3) is 2.26. The zero-order chi connectivity index (χ0) is 13.9. The van der Waals surface area contributed by atoms with Crippen LogP contribution in [-0.2, 0) is 24.2 Å². The molecule has 2 aromatic rings. The average Bonchev–Trinajstić information content (AvgIpc) is 3.07. The molecule has 0 aliphatic carbocycles. The highest BCUT2D eigenvalue weighted by molar-refractivity contribution is 5.85. The number of carbonyl (C=O) groups excluding carboxylic acids is 1. The van der Waals surface area contributed by atoms with Gasteiger partial charge in [-0.25, -0.2) is 9.48 Å². The van der Waals surface area contributed by atoms with Crippen LogP contribution in [0.2, 0.25) is 0 Å². The Bertz CT molecular complexity index is 618. The topological polar surface area (TPSA) is 101 Å². The predicted octanol–water partition coefficient (Wildman–Crippen LogP) is -0.174. The lowest BCUT2D eigenvalue weighted by Crippen LogP contribution is -2.19. The van der Waals surface area contributed by atoms with E-state index >= 15 is 0 Å². The van der Waals surface area contributed by atoms with E-state index in [0.717, 1.165) is 37.5 Å². The number of tetrazole rings is 1. The molecule has 0 saturated heterocycles. The molecule has 0 unspecified atom stereocenters. The van der Waals surface area contributed by atoms with Crippen molar-refractivity contribution in [3.8, 4) is 0 Å². The summed E-state index contributed by atoms with van der Waals surface area (Å²) in [4.78, 5) is 11.7. The van der Waals surface area contributed by atoms with E-state index in [1.54, 1.807) is 6.92 Å². The Morgan fingerprint density at radius 3 is 3.05 bits per heavy atom. The van der Waals surface area contributed by atoms with Crippen LogP contribution in [0.25, 0.3) is 0 Å². The fourth-order valence-corrected chi connectivity index (χ4v) is 2.27. The second-order valence-corrected chi connectivity index (χ2v) is 4.52. The maximum absolute atomic E-state index is 11.7. The molecule has 2 aromatic heterocycles. The summed E-state index contributed by atoms with van der Waals surface area (Å²) in [7, 11) is 0. The Labute approximate surface area is 114 Å². The lowest BCUT2D eigenvalue weighted by molar-refractivity contribution is 0.0505. The molecule has 1 aliphatic heterocycles. The number of carbonyl (C=O) groups is 1. The highest BCUT2D eigenvalue weighted by Gasteiger charge is 2.21. The van der Waals surface area contributed by atoms with Crippen LogP contribution in [0.1, 0.15) is 42.0 Å². The van der Waals surface area contributed by atoms with Gasteiger partial charge in [0, 0.05) is 13.0 Å². The van der Waals surface area contributed by atoms with E-state index in [2.05, 4.69) is 30.3 Å². The van der Waals surface area contributed by atoms with Gasteiger partial charge < -0.3 is 9.30 Å². The molecule has 1 aliphatic rings. The van der Waals surface area contributed by atoms with E-state index < -0.39 is 5.97 Å². The smallest absolute Gasteiger partial charge is 0.378 e. The van der Waals surface area contributed by atoms with Crippen molar-refractivity contribution in [3.05, 3.63) is 17.5 Å². The molecule has 0 N–H and O–H groups in total. The van der Waals surface area contributed by atoms with Gasteiger partial charge in [0.2, 0.25) is 0 Å². The van der Waals surface area contributed by atoms with Gasteiger partial charge in [0.15, 0.2) is 5.82 Å². The summed E-state index contributed by atoms with van der Waals surface area (Å²) >= 11 is 0. The lowest BCUT2D eigenvalue weighted by Gasteiger charge is -2.14. The van der Waals surface area contributed by atoms with E-state index in [4.69, 9.17) is 4.74 Å². The van der Waals surface area contributed by atoms with Crippen molar-refractivity contribution in [1.29, 1.82) is 0 Å². The van der Waals surface area contributed by atoms with Crippen LogP contribution in [0.3, 0.4) is 0 Å². The van der Waals surface area contributed by atoms with Crippen LogP contribution in [-0.4, -0.2) is 47.5 Å². The Hall–Kier alpha value is -2.32. The van der Waals surface area contributed by atoms with Crippen molar-refractivity contribution >= 4 is 5.97 Å². The summed E-state index contributed by atoms with van der Waals surface area (Å²) < 4.78 is 8.38. The maximum Gasteiger partial charge on any atom is 0.378 e. The molecule has 0 radical (unpaired) electrons. The minimum Gasteiger partial charge on any atom is -0.460 e. The summed E-state index contributed by atoms with van der Waals surface area (Å²) in [5.74, 6) is 1.30. The first kappa shape index (κ1) is 12.7. The van der Waals surface area contributed by atoms with E-state index in [9.17, 15) is 4.79 Å². The Morgan fingerprint density at radius 1 is 1.30 bits per heavy atom. The fraction of sp³-hybridized carbons (Fsp3) is 0.636. The molecule has 0 spiro atoms. The minimum atomic E-state index is -0.532. The highest BCUT2D eigenvalue weighted by Crippen LogP contribution is 2.15. The Kier molecular flexibility index (Phi) is 3.40. The first-order chi connectivity index (χ1) is 9.79. The number of rotatable bonds is 4. The second-order valence-electron chi connectivity index (χ2n) is 4.52. The second kappa shape index (κ2) is 5.35. The van der Waals surface area contributed by atoms with Crippen molar-refractivity contribution in [2.45, 2.75) is 39.3 Å². The molecule has 106 valence electrons. The number of aromatic nitrogens is 7. The van der Waals surface area contributed by atoms with E-state index in [1.807, 2.05) is 0 Å². The van der Waals surface area contributed by atoms with Crippen molar-refractivity contribution in [2.75, 3.05) is 6.61 Å². The molecular formula is C11H15N7O2. The summed E-state index contributed by atoms with van der Waals surface area (Å²) in [6, 6.07) is 0. The van der Waals surface area contributed by atoms with Crippen molar-refractivity contribution in [1.82, 2.24) is 35.0 Å². The van der Waals surface area contributed by atoms with Crippen molar-refractivity contribution in [3.63, 3.8) is 0 Å². The number of hydrogen-bond acceptors (Lipinski definition) is 7. The molecule has 3 heterocycles. The van der Waals surface area contributed by atoms with Gasteiger partial charge in [-0.2, -0.15) is 0 Å². The number of esters is 1. The predicted molar refractivity (Wildman–Crippen MR) is 65.8 cm³/mol. The molecule has 3 rings (SSSR count). The molecule has 0 atom stereocenters. The number of aryl methyl sites for hydroxylation is 1. The molecule has 0 amide bonds. The van der Waals surface area contributed by atoms with Gasteiger partial charge in [0.05, 0.1) is 6.61 Å². The zero-order valence-electron chi connectivity index (χ0n) is 11.2. The first-order valence-corrected chi connectivity index (χ1v) is 6.64. The molecule has 9 heteroatoms. The number of ether oxygens (including phenoxy) is 1. The van der Waals surface area contributed by atoms with Crippen LogP contribution in [0, 0.1) is 0 Å². The van der Waals surface area contributed by atoms with Crippen LogP contribution in [0.5, 0.6) is 0 Å². The number of hydrogen-bond donors (Lipinski definition) is 0. The van der Waals surface area contributed by atoms with Crippen molar-refractivity contribution in [2.24, 2.45) is 0 Å². The average molecular weight is 277 g/mol. The van der Waals surface area contributed by atoms with Gasteiger partial charge in [-0.3, -0.25) is 0 Å². The Balaban J connectivity index is 1.83. The van der Waals surface area contributed by atoms with Gasteiger partial charge in [-0.1, -0.05) is 0 Å². The molecule has 20 heavy (non-hydrogen) atoms. The summed E-state index contributed by atoms with van der Waals surface area (Å²) in [6.45, 7) is 3.23. The quantitative estimate of drug-likeness (QED) is 0.715. The largest absolute Gasteiger partial charge is 0.460 e. The maximum atomic E-state index is 11.7. The SMILES string of the molecule is CCOC(=O)c1nnnn1Cc1nnc2n1CCCC2. The monoisotopic (exact) mass is 277 g/mol. The highest BCUT2D eigenvalue weighted by atomic mass is 16.5. The first-order valence-electron chi connectivity index (χ1n) is 6.64. The summed E-state index contributed by atoms with van der Waals surface area (Å²) in [5, 5.41) is 19.4. The van der Waals surface area contributed by atoms with Crippen LogP contribution >= 0.6 is 0 Å². The van der Waals surface area contributed by atoms with Gasteiger partial charge in [-0.15, -0.1) is 15.3 Å². The van der Waals surface area contributed by atoms with Gasteiger partial charge in [-0.05, 0) is 30.2 Å². The molecule has 0 fully saturated rings. The molecule has 0 saturated carbocycles. The number of fused-ring (bicyclic) bond motifs is 1. The molecule has 0 bridgehead atoms. The fourth-order valence-electron chi connectivity index (χ4n) is 2.27. The minimum absolute atomic E-state index is 0.0833. The van der Waals surface area contributed by atoms with Crippen LogP contribution < -0.4 is 0 Å². The normalized spacial score (nSPS) is 14.1. The van der Waals surface area contributed by atoms with Crippen molar-refractivity contribution < 1.29 is 9.53 Å². The van der Waals surface area contributed by atoms with Gasteiger partial charge in [0.25, 0.3) is 5.82 Å². The summed E-state index contributed by atoms with van der Waals surface area (Å²) in [5.41, 5.74) is 0. The zero-order valence-corrected chi connectivity index (χ0v) is 11.2. The van der Waals surface area contributed by atoms with Gasteiger partial charge >= 0.3 is 5.97 Å². The molecular weight excluding hydrogens is 262 g/mol. The van der Waals surface area contributed by atoms with E-state index in [1.165, 1.54) is 4.68 Å². The summed E-state index contributed by atoms with van der Waals surface area (Å²) in [6.07, 6.45) is 3.18. The third-order valence-electron chi connectivity index (χ3n) is 3.22. The standard InChI is InChI=1S/C11H15N7O2/c1-2-20-11(19)10-14-15-16-18(10)7-9-13-12-8-5-3-4-6-17(8)9/h2-7H2,1H3. The third-order valence-corrected chi connectivity index (χ3v) is 3.22. The molecule has 0 aromatic carbocycles. The van der Waals surface area contributed by atoms with Crippen LogP contribution in [0.15, 0.2) is 0 Å². The molecule has 9 nitrogen and oxygen atoms in total.